The van der Waals surface area contributed by atoms with Gasteiger partial charge in [0.05, 0.1) is 10.2 Å². The Labute approximate surface area is 163 Å². The topological polar surface area (TPSA) is 90.2 Å². The second-order valence-corrected chi connectivity index (χ2v) is 7.56. The summed E-state index contributed by atoms with van der Waals surface area (Å²) in [5, 5.41) is 9.74. The maximum atomic E-state index is 12.5. The minimum absolute atomic E-state index is 0.00805. The van der Waals surface area contributed by atoms with Gasteiger partial charge in [-0.2, -0.15) is 5.11 Å². The van der Waals surface area contributed by atoms with Crippen molar-refractivity contribution in [1.29, 1.82) is 5.53 Å². The monoisotopic (exact) mass is 429 g/mol. The molecular weight excluding hydrogens is 414 g/mol. The van der Waals surface area contributed by atoms with Crippen LogP contribution in [0.4, 0.5) is 10.8 Å². The number of nitrogens with zero attached hydrogens (tertiary/aromatic N) is 2. The van der Waals surface area contributed by atoms with Gasteiger partial charge in [-0.1, -0.05) is 45.5 Å². The van der Waals surface area contributed by atoms with E-state index in [1.54, 1.807) is 6.92 Å². The Hall–Kier alpha value is -2.58. The van der Waals surface area contributed by atoms with Gasteiger partial charge >= 0.3 is 0 Å². The number of aromatic nitrogens is 1. The Morgan fingerprint density at radius 1 is 1.23 bits per heavy atom. The number of para-hydroxylation sites is 1. The van der Waals surface area contributed by atoms with Gasteiger partial charge in [0.25, 0.3) is 5.91 Å². The van der Waals surface area contributed by atoms with E-state index in [9.17, 15) is 4.79 Å². The van der Waals surface area contributed by atoms with Crippen molar-refractivity contribution in [1.82, 2.24) is 4.98 Å². The number of carbonyl (C=O) groups excluding carboxylic acids is 1. The number of carbonyl (C=O) groups is 1. The predicted molar refractivity (Wildman–Crippen MR) is 109 cm³/mol. The average Bonchev–Trinajstić information content (AvgIpc) is 2.98. The highest BCUT2D eigenvalue weighted by Gasteiger charge is 2.16. The van der Waals surface area contributed by atoms with E-state index in [0.29, 0.717) is 10.8 Å². The molecule has 3 aromatic rings. The second-order valence-electron chi connectivity index (χ2n) is 5.61. The molecular formula is C18H16BrN5OS. The molecule has 1 aromatic heterocycles. The molecule has 8 heteroatoms. The number of amides is 1. The molecule has 1 heterocycles. The van der Waals surface area contributed by atoms with Crippen molar-refractivity contribution in [2.24, 2.45) is 5.11 Å². The van der Waals surface area contributed by atoms with E-state index in [-0.39, 0.29) is 5.70 Å². The van der Waals surface area contributed by atoms with Crippen LogP contribution >= 0.6 is 27.3 Å². The fraction of sp³-hybridized carbons (Fsp3) is 0.111. The highest BCUT2D eigenvalue weighted by atomic mass is 79.9. The van der Waals surface area contributed by atoms with Gasteiger partial charge < -0.3 is 5.32 Å². The highest BCUT2D eigenvalue weighted by Crippen LogP contribution is 2.28. The second kappa shape index (κ2) is 7.76. The number of halogens is 1. The summed E-state index contributed by atoms with van der Waals surface area (Å²) >= 11 is 4.78. The maximum absolute atomic E-state index is 12.5. The van der Waals surface area contributed by atoms with Crippen LogP contribution in [0, 0.1) is 12.5 Å². The van der Waals surface area contributed by atoms with Crippen LogP contribution in [-0.2, 0) is 4.79 Å². The molecule has 1 amide bonds. The molecule has 0 saturated heterocycles. The van der Waals surface area contributed by atoms with Crippen molar-refractivity contribution in [2.75, 3.05) is 10.6 Å². The van der Waals surface area contributed by atoms with Crippen molar-refractivity contribution >= 4 is 54.2 Å². The van der Waals surface area contributed by atoms with Crippen LogP contribution in [0.2, 0.25) is 0 Å². The molecule has 0 aliphatic rings. The summed E-state index contributed by atoms with van der Waals surface area (Å²) in [6.45, 7) is 3.68. The van der Waals surface area contributed by atoms with Gasteiger partial charge in [-0.3, -0.25) is 10.1 Å². The summed E-state index contributed by atoms with van der Waals surface area (Å²) in [7, 11) is 0. The fourth-order valence-electron chi connectivity index (χ4n) is 2.39. The summed E-state index contributed by atoms with van der Waals surface area (Å²) in [4.78, 5) is 16.9. The standard InChI is InChI=1S/C18H16BrN5OS/c1-10-5-3-4-6-13(10)21-11(2)16(24-20)17(25)23-18-22-14-9-12(19)7-8-15(14)26-18/h3-9,20-21H,1-2H3,(H,22,23,25)/b16-11-,24-20?. The minimum Gasteiger partial charge on any atom is -0.357 e. The van der Waals surface area contributed by atoms with Gasteiger partial charge in [0.2, 0.25) is 0 Å². The lowest BCUT2D eigenvalue weighted by molar-refractivity contribution is -0.113. The lowest BCUT2D eigenvalue weighted by Gasteiger charge is -2.11. The summed E-state index contributed by atoms with van der Waals surface area (Å²) in [5.74, 6) is -0.475. The van der Waals surface area contributed by atoms with Crippen LogP contribution in [0.1, 0.15) is 12.5 Å². The minimum atomic E-state index is -0.475. The number of hydrogen-bond acceptors (Lipinski definition) is 6. The molecule has 3 rings (SSSR count). The van der Waals surface area contributed by atoms with E-state index in [1.165, 1.54) is 11.3 Å². The normalized spacial score (nSPS) is 11.8. The molecule has 0 saturated carbocycles. The van der Waals surface area contributed by atoms with Crippen molar-refractivity contribution in [3.8, 4) is 0 Å². The Morgan fingerprint density at radius 3 is 2.73 bits per heavy atom. The quantitative estimate of drug-likeness (QED) is 0.359. The number of anilines is 2. The van der Waals surface area contributed by atoms with Gasteiger partial charge in [0.15, 0.2) is 10.8 Å². The number of fused-ring (bicyclic) bond motifs is 1. The SMILES string of the molecule is C/C(Nc1ccccc1C)=C(/N=N)C(=O)Nc1nc2cc(Br)ccc2s1. The van der Waals surface area contributed by atoms with Gasteiger partial charge in [-0.05, 0) is 43.7 Å². The van der Waals surface area contributed by atoms with Crippen molar-refractivity contribution in [3.05, 3.63) is 63.9 Å². The molecule has 0 bridgehead atoms. The first-order valence-corrected chi connectivity index (χ1v) is 9.37. The first kappa shape index (κ1) is 18.2. The number of rotatable bonds is 5. The summed E-state index contributed by atoms with van der Waals surface area (Å²) in [6, 6.07) is 13.5. The van der Waals surface area contributed by atoms with Gasteiger partial charge in [-0.15, -0.1) is 0 Å². The van der Waals surface area contributed by atoms with E-state index in [4.69, 9.17) is 5.53 Å². The largest absolute Gasteiger partial charge is 0.357 e. The van der Waals surface area contributed by atoms with Crippen LogP contribution in [0.25, 0.3) is 10.2 Å². The predicted octanol–water partition coefficient (Wildman–Crippen LogP) is 5.68. The van der Waals surface area contributed by atoms with Gasteiger partial charge in [0, 0.05) is 15.9 Å². The van der Waals surface area contributed by atoms with Crippen LogP contribution in [0.15, 0.2) is 63.4 Å². The van der Waals surface area contributed by atoms with Crippen molar-refractivity contribution in [2.45, 2.75) is 13.8 Å². The van der Waals surface area contributed by atoms with Crippen LogP contribution in [-0.4, -0.2) is 10.9 Å². The van der Waals surface area contributed by atoms with Crippen molar-refractivity contribution < 1.29 is 4.79 Å². The number of nitrogens with one attached hydrogen (secondary N) is 3. The molecule has 0 aliphatic carbocycles. The Balaban J connectivity index is 1.83. The summed E-state index contributed by atoms with van der Waals surface area (Å²) < 4.78 is 1.89. The maximum Gasteiger partial charge on any atom is 0.279 e. The summed E-state index contributed by atoms with van der Waals surface area (Å²) in [5.41, 5.74) is 10.6. The number of hydrogen-bond donors (Lipinski definition) is 3. The number of thiazole rings is 1. The van der Waals surface area contributed by atoms with Gasteiger partial charge in [-0.25, -0.2) is 10.5 Å². The number of benzene rings is 2. The number of allylic oxidation sites excluding steroid dienone is 1. The molecule has 0 atom stereocenters. The fourth-order valence-corrected chi connectivity index (χ4v) is 3.58. The smallest absolute Gasteiger partial charge is 0.279 e. The van der Waals surface area contributed by atoms with Crippen LogP contribution < -0.4 is 10.6 Å². The van der Waals surface area contributed by atoms with E-state index >= 15 is 0 Å². The highest BCUT2D eigenvalue weighted by molar-refractivity contribution is 9.10. The molecule has 26 heavy (non-hydrogen) atoms. The first-order valence-electron chi connectivity index (χ1n) is 7.76. The molecule has 2 aromatic carbocycles. The Bertz CT molecular complexity index is 1030. The first-order chi connectivity index (χ1) is 12.5. The zero-order valence-electron chi connectivity index (χ0n) is 14.1. The average molecular weight is 430 g/mol. The molecule has 6 nitrogen and oxygen atoms in total. The molecule has 0 unspecified atom stereocenters. The third kappa shape index (κ3) is 3.97. The molecule has 0 aliphatic heterocycles. The van der Waals surface area contributed by atoms with Gasteiger partial charge in [0.1, 0.15) is 0 Å². The zero-order chi connectivity index (χ0) is 18.7. The summed E-state index contributed by atoms with van der Waals surface area (Å²) in [6.07, 6.45) is 0. The third-order valence-corrected chi connectivity index (χ3v) is 5.16. The lowest BCUT2D eigenvalue weighted by Crippen LogP contribution is -2.16. The van der Waals surface area contributed by atoms with Crippen LogP contribution in [0.5, 0.6) is 0 Å². The van der Waals surface area contributed by atoms with Crippen LogP contribution in [0.3, 0.4) is 0 Å². The lowest BCUT2D eigenvalue weighted by atomic mass is 10.2. The Morgan fingerprint density at radius 2 is 2.00 bits per heavy atom. The molecule has 3 N–H and O–H groups in total. The molecule has 0 spiro atoms. The zero-order valence-corrected chi connectivity index (χ0v) is 16.5. The Kier molecular flexibility index (Phi) is 5.43. The van der Waals surface area contributed by atoms with E-state index in [0.717, 1.165) is 25.9 Å². The third-order valence-electron chi connectivity index (χ3n) is 3.72. The molecule has 0 fully saturated rings. The van der Waals surface area contributed by atoms with E-state index < -0.39 is 5.91 Å². The molecule has 132 valence electrons. The number of aryl methyl sites for hydroxylation is 1. The van der Waals surface area contributed by atoms with E-state index in [1.807, 2.05) is 49.4 Å². The van der Waals surface area contributed by atoms with Crippen molar-refractivity contribution in [3.63, 3.8) is 0 Å². The molecule has 0 radical (unpaired) electrons. The van der Waals surface area contributed by atoms with E-state index in [2.05, 4.69) is 36.7 Å².